The summed E-state index contributed by atoms with van der Waals surface area (Å²) in [4.78, 5) is 0. The second-order valence-corrected chi connectivity index (χ2v) is 3.20. The predicted molar refractivity (Wildman–Crippen MR) is 62.9 cm³/mol. The van der Waals surface area contributed by atoms with Crippen molar-refractivity contribution in [3.05, 3.63) is 59.8 Å². The molecule has 1 aliphatic carbocycles. The average Bonchev–Trinajstić information content (AvgIpc) is 2.48. The van der Waals surface area contributed by atoms with Crippen molar-refractivity contribution in [1.29, 1.82) is 0 Å². The molecule has 1 heteroatoms. The molecule has 0 heterocycles. The first-order chi connectivity index (χ1) is 6.71. The summed E-state index contributed by atoms with van der Waals surface area (Å²) in [5.41, 5.74) is 10.6. The van der Waals surface area contributed by atoms with E-state index in [0.717, 1.165) is 16.7 Å². The van der Waals surface area contributed by atoms with Crippen LogP contribution in [0, 0.1) is 0 Å². The maximum absolute atomic E-state index is 6.09. The highest BCUT2D eigenvalue weighted by Crippen LogP contribution is 2.36. The van der Waals surface area contributed by atoms with Crippen LogP contribution in [0.25, 0.3) is 0 Å². The molecular formula is C13H17N. The molecular weight excluding hydrogens is 170 g/mol. The van der Waals surface area contributed by atoms with E-state index in [1.165, 1.54) is 5.57 Å². The number of nitrogens with two attached hydrogens (primary N) is 1. The molecule has 0 bridgehead atoms. The van der Waals surface area contributed by atoms with Gasteiger partial charge in [0.1, 0.15) is 0 Å². The minimum absolute atomic E-state index is 0.0447. The van der Waals surface area contributed by atoms with Crippen molar-refractivity contribution >= 4 is 0 Å². The quantitative estimate of drug-likeness (QED) is 0.706. The minimum Gasteiger partial charge on any atom is -0.320 e. The fourth-order valence-corrected chi connectivity index (χ4v) is 1.94. The Labute approximate surface area is 86.0 Å². The molecule has 1 atom stereocenters. The van der Waals surface area contributed by atoms with Crippen molar-refractivity contribution in [1.82, 2.24) is 0 Å². The van der Waals surface area contributed by atoms with Gasteiger partial charge < -0.3 is 5.73 Å². The number of allylic oxidation sites excluding steroid dienone is 4. The Bertz CT molecular complexity index is 353. The third-order valence-corrected chi connectivity index (χ3v) is 2.61. The van der Waals surface area contributed by atoms with Gasteiger partial charge in [-0.2, -0.15) is 0 Å². The molecule has 0 spiro atoms. The van der Waals surface area contributed by atoms with Crippen molar-refractivity contribution in [3.63, 3.8) is 0 Å². The van der Waals surface area contributed by atoms with E-state index in [0.29, 0.717) is 0 Å². The lowest BCUT2D eigenvalue weighted by Gasteiger charge is -2.07. The van der Waals surface area contributed by atoms with E-state index in [1.807, 2.05) is 26.0 Å². The Morgan fingerprint density at radius 2 is 1.79 bits per heavy atom. The maximum Gasteiger partial charge on any atom is 0.0560 e. The van der Waals surface area contributed by atoms with Gasteiger partial charge in [0.05, 0.1) is 6.04 Å². The first-order valence-electron chi connectivity index (χ1n) is 4.79. The van der Waals surface area contributed by atoms with Crippen LogP contribution in [0.5, 0.6) is 0 Å². The molecule has 0 fully saturated rings. The Balaban J connectivity index is 3.38. The highest BCUT2D eigenvalue weighted by Gasteiger charge is 2.26. The molecule has 0 aromatic rings. The summed E-state index contributed by atoms with van der Waals surface area (Å²) in [6.07, 6.45) is 7.80. The molecule has 2 N–H and O–H groups in total. The molecule has 0 saturated carbocycles. The van der Waals surface area contributed by atoms with Gasteiger partial charge >= 0.3 is 0 Å². The van der Waals surface area contributed by atoms with Crippen LogP contribution < -0.4 is 5.73 Å². The Hall–Kier alpha value is -1.34. The van der Waals surface area contributed by atoms with E-state index < -0.39 is 0 Å². The van der Waals surface area contributed by atoms with Crippen LogP contribution in [0.15, 0.2) is 59.8 Å². The van der Waals surface area contributed by atoms with Gasteiger partial charge in [0.2, 0.25) is 0 Å². The third-order valence-electron chi connectivity index (χ3n) is 2.61. The van der Waals surface area contributed by atoms with Gasteiger partial charge in [-0.3, -0.25) is 0 Å². The highest BCUT2D eigenvalue weighted by atomic mass is 14.7. The lowest BCUT2D eigenvalue weighted by molar-refractivity contribution is 0.955. The van der Waals surface area contributed by atoms with Crippen molar-refractivity contribution < 1.29 is 0 Å². The average molecular weight is 187 g/mol. The Morgan fingerprint density at radius 1 is 1.14 bits per heavy atom. The van der Waals surface area contributed by atoms with Gasteiger partial charge in [0, 0.05) is 0 Å². The summed E-state index contributed by atoms with van der Waals surface area (Å²) < 4.78 is 0. The monoisotopic (exact) mass is 187 g/mol. The fourth-order valence-electron chi connectivity index (χ4n) is 1.94. The normalized spacial score (nSPS) is 27.5. The van der Waals surface area contributed by atoms with E-state index in [1.54, 1.807) is 0 Å². The van der Waals surface area contributed by atoms with Crippen LogP contribution >= 0.6 is 0 Å². The van der Waals surface area contributed by atoms with Crippen LogP contribution in [0.3, 0.4) is 0 Å². The number of rotatable bonds is 2. The number of hydrogen-bond donors (Lipinski definition) is 1. The zero-order valence-corrected chi connectivity index (χ0v) is 8.88. The zero-order chi connectivity index (χ0) is 10.7. The van der Waals surface area contributed by atoms with Gasteiger partial charge in [0.25, 0.3) is 0 Å². The maximum atomic E-state index is 6.09. The van der Waals surface area contributed by atoms with E-state index in [-0.39, 0.29) is 6.04 Å². The lowest BCUT2D eigenvalue weighted by Crippen LogP contribution is -2.20. The fraction of sp³-hybridized carbons (Fsp3) is 0.231. The van der Waals surface area contributed by atoms with Crippen molar-refractivity contribution in [2.75, 3.05) is 0 Å². The molecule has 0 radical (unpaired) electrons. The molecule has 0 saturated heterocycles. The summed E-state index contributed by atoms with van der Waals surface area (Å²) in [5, 5.41) is 0. The summed E-state index contributed by atoms with van der Waals surface area (Å²) in [7, 11) is 0. The van der Waals surface area contributed by atoms with E-state index in [2.05, 4.69) is 25.3 Å². The number of hydrogen-bond acceptors (Lipinski definition) is 1. The van der Waals surface area contributed by atoms with Gasteiger partial charge in [0.15, 0.2) is 0 Å². The highest BCUT2D eigenvalue weighted by molar-refractivity contribution is 5.66. The lowest BCUT2D eigenvalue weighted by atomic mass is 10.0. The summed E-state index contributed by atoms with van der Waals surface area (Å²) in [5.74, 6) is 0. The molecule has 1 nitrogen and oxygen atoms in total. The van der Waals surface area contributed by atoms with Crippen LogP contribution in [-0.2, 0) is 0 Å². The van der Waals surface area contributed by atoms with Gasteiger partial charge in [-0.25, -0.2) is 0 Å². The smallest absolute Gasteiger partial charge is 0.0560 e. The molecule has 0 amide bonds. The molecule has 0 aromatic carbocycles. The standard InChI is InChI=1S/C13H17N/c1-5-9-10(6-2)12(8-4)13(14)11(9)7-3/h5-8,13H,1,3,14H2,2,4H3/b10-6-,12-8+. The first kappa shape index (κ1) is 10.7. The van der Waals surface area contributed by atoms with Crippen LogP contribution in [0.1, 0.15) is 13.8 Å². The molecule has 1 rings (SSSR count). The molecule has 74 valence electrons. The molecule has 0 aromatic heterocycles. The Morgan fingerprint density at radius 3 is 2.14 bits per heavy atom. The molecule has 1 aliphatic rings. The van der Waals surface area contributed by atoms with E-state index >= 15 is 0 Å². The van der Waals surface area contributed by atoms with Crippen molar-refractivity contribution in [3.8, 4) is 0 Å². The second kappa shape index (κ2) is 4.25. The molecule has 0 aliphatic heterocycles. The zero-order valence-electron chi connectivity index (χ0n) is 8.88. The van der Waals surface area contributed by atoms with E-state index in [9.17, 15) is 0 Å². The van der Waals surface area contributed by atoms with Gasteiger partial charge in [-0.15, -0.1) is 0 Å². The summed E-state index contributed by atoms with van der Waals surface area (Å²) in [6, 6.07) is -0.0447. The van der Waals surface area contributed by atoms with Crippen molar-refractivity contribution in [2.45, 2.75) is 19.9 Å². The SMILES string of the molecule is C=CC1=C(C=C)C(N)C(=C/C)/C1=C\C. The minimum atomic E-state index is -0.0447. The topological polar surface area (TPSA) is 26.0 Å². The molecule has 1 unspecified atom stereocenters. The first-order valence-corrected chi connectivity index (χ1v) is 4.79. The predicted octanol–water partition coefficient (Wildman–Crippen LogP) is 2.89. The molecule has 14 heavy (non-hydrogen) atoms. The summed E-state index contributed by atoms with van der Waals surface area (Å²) >= 11 is 0. The second-order valence-electron chi connectivity index (χ2n) is 3.20. The van der Waals surface area contributed by atoms with Crippen molar-refractivity contribution in [2.24, 2.45) is 5.73 Å². The Kier molecular flexibility index (Phi) is 3.26. The van der Waals surface area contributed by atoms with Crippen LogP contribution in [0.4, 0.5) is 0 Å². The van der Waals surface area contributed by atoms with E-state index in [4.69, 9.17) is 5.73 Å². The largest absolute Gasteiger partial charge is 0.320 e. The third kappa shape index (κ3) is 1.40. The van der Waals surface area contributed by atoms with Gasteiger partial charge in [-0.05, 0) is 36.1 Å². The van der Waals surface area contributed by atoms with Gasteiger partial charge in [-0.1, -0.05) is 37.5 Å². The van der Waals surface area contributed by atoms with Crippen LogP contribution in [-0.4, -0.2) is 6.04 Å². The van der Waals surface area contributed by atoms with Crippen LogP contribution in [0.2, 0.25) is 0 Å². The summed E-state index contributed by atoms with van der Waals surface area (Å²) in [6.45, 7) is 11.6.